The highest BCUT2D eigenvalue weighted by molar-refractivity contribution is 5.78. The highest BCUT2D eigenvalue weighted by Crippen LogP contribution is 2.20. The van der Waals surface area contributed by atoms with Gasteiger partial charge in [0.15, 0.2) is 6.04 Å². The molecule has 116 valence electrons. The van der Waals surface area contributed by atoms with Gasteiger partial charge >= 0.3 is 5.97 Å². The Morgan fingerprint density at radius 3 is 2.86 bits per heavy atom. The van der Waals surface area contributed by atoms with Crippen LogP contribution in [0.5, 0.6) is 0 Å². The van der Waals surface area contributed by atoms with Crippen molar-refractivity contribution in [2.24, 2.45) is 0 Å². The molecule has 0 bridgehead atoms. The Bertz CT molecular complexity index is 577. The van der Waals surface area contributed by atoms with Gasteiger partial charge in [0.05, 0.1) is 6.10 Å². The molecule has 0 radical (unpaired) electrons. The topological polar surface area (TPSA) is 53.4 Å². The molecule has 1 aliphatic rings. The van der Waals surface area contributed by atoms with E-state index in [0.717, 1.165) is 31.4 Å². The summed E-state index contributed by atoms with van der Waals surface area (Å²) in [4.78, 5) is 12.5. The number of carbonyl (C=O) groups excluding carboxylic acids is 1. The second kappa shape index (κ2) is 7.22. The van der Waals surface area contributed by atoms with E-state index in [0.29, 0.717) is 6.61 Å². The van der Waals surface area contributed by atoms with Gasteiger partial charge in [-0.1, -0.05) is 30.3 Å². The Hall–Kier alpha value is -2.14. The van der Waals surface area contributed by atoms with Crippen LogP contribution in [0.1, 0.15) is 30.9 Å². The highest BCUT2D eigenvalue weighted by Gasteiger charge is 2.26. The molecule has 0 saturated carbocycles. The molecule has 1 saturated heterocycles. The van der Waals surface area contributed by atoms with E-state index in [4.69, 9.17) is 9.47 Å². The third-order valence-corrected chi connectivity index (χ3v) is 3.81. The number of carbonyl (C=O) groups is 1. The first-order chi connectivity index (χ1) is 10.8. The molecular weight excluding hydrogens is 280 g/mol. The van der Waals surface area contributed by atoms with Crippen LogP contribution in [0.15, 0.2) is 48.8 Å². The molecule has 5 nitrogen and oxygen atoms in total. The number of hydrogen-bond acceptors (Lipinski definition) is 4. The Kier molecular flexibility index (Phi) is 4.85. The van der Waals surface area contributed by atoms with E-state index < -0.39 is 6.04 Å². The maximum Gasteiger partial charge on any atom is 0.335 e. The van der Waals surface area contributed by atoms with Crippen molar-refractivity contribution in [3.05, 3.63) is 54.4 Å². The Balaban J connectivity index is 1.70. The fraction of sp³-hybridized carbons (Fsp3) is 0.412. The number of hydrogen-bond donors (Lipinski definition) is 0. The summed E-state index contributed by atoms with van der Waals surface area (Å²) in [6.45, 7) is 1.06. The summed E-state index contributed by atoms with van der Waals surface area (Å²) in [5.41, 5.74) is 0.862. The van der Waals surface area contributed by atoms with Crippen LogP contribution in [0.2, 0.25) is 0 Å². The fourth-order valence-corrected chi connectivity index (χ4v) is 2.66. The summed E-state index contributed by atoms with van der Waals surface area (Å²) in [5.74, 6) is -0.302. The first-order valence-corrected chi connectivity index (χ1v) is 7.67. The van der Waals surface area contributed by atoms with E-state index in [9.17, 15) is 4.79 Å². The van der Waals surface area contributed by atoms with Crippen molar-refractivity contribution < 1.29 is 14.3 Å². The summed E-state index contributed by atoms with van der Waals surface area (Å²) in [6, 6.07) is 10.8. The van der Waals surface area contributed by atoms with Gasteiger partial charge in [-0.2, -0.15) is 5.10 Å². The third kappa shape index (κ3) is 3.54. The average molecular weight is 300 g/mol. The zero-order chi connectivity index (χ0) is 15.2. The van der Waals surface area contributed by atoms with Gasteiger partial charge in [0.2, 0.25) is 0 Å². The number of benzene rings is 1. The molecule has 0 amide bonds. The molecule has 0 aliphatic carbocycles. The van der Waals surface area contributed by atoms with Gasteiger partial charge in [0.25, 0.3) is 0 Å². The molecule has 5 heteroatoms. The van der Waals surface area contributed by atoms with Gasteiger partial charge in [0.1, 0.15) is 6.61 Å². The number of nitrogens with zero attached hydrogens (tertiary/aromatic N) is 2. The Morgan fingerprint density at radius 1 is 1.32 bits per heavy atom. The largest absolute Gasteiger partial charge is 0.461 e. The molecule has 3 rings (SSSR count). The maximum atomic E-state index is 12.5. The van der Waals surface area contributed by atoms with Crippen LogP contribution >= 0.6 is 0 Å². The summed E-state index contributed by atoms with van der Waals surface area (Å²) < 4.78 is 12.7. The third-order valence-electron chi connectivity index (χ3n) is 3.81. The summed E-state index contributed by atoms with van der Waals surface area (Å²) >= 11 is 0. The van der Waals surface area contributed by atoms with Gasteiger partial charge in [-0.05, 0) is 30.9 Å². The van der Waals surface area contributed by atoms with Crippen molar-refractivity contribution in [1.29, 1.82) is 0 Å². The van der Waals surface area contributed by atoms with Gasteiger partial charge in [-0.15, -0.1) is 0 Å². The van der Waals surface area contributed by atoms with E-state index >= 15 is 0 Å². The standard InChI is InChI=1S/C17H20N2O3/c20-17(22-13-15-9-4-5-12-21-15)16(19-11-6-10-18-19)14-7-2-1-3-8-14/h1-3,6-8,10-11,15-16H,4-5,9,12-13H2/t15-,16+/m0/s1. The Morgan fingerprint density at radius 2 is 2.18 bits per heavy atom. The van der Waals surface area contributed by atoms with Crippen molar-refractivity contribution >= 4 is 5.97 Å². The monoisotopic (exact) mass is 300 g/mol. The molecule has 0 spiro atoms. The van der Waals surface area contributed by atoms with Crippen LogP contribution in [0.3, 0.4) is 0 Å². The second-order valence-electron chi connectivity index (χ2n) is 5.42. The molecule has 1 aromatic carbocycles. The van der Waals surface area contributed by atoms with Crippen LogP contribution in [0, 0.1) is 0 Å². The lowest BCUT2D eigenvalue weighted by Gasteiger charge is -2.23. The molecule has 2 aromatic rings. The first kappa shape index (κ1) is 14.8. The quantitative estimate of drug-likeness (QED) is 0.796. The van der Waals surface area contributed by atoms with E-state index in [1.165, 1.54) is 0 Å². The van der Waals surface area contributed by atoms with Gasteiger partial charge in [-0.3, -0.25) is 4.68 Å². The van der Waals surface area contributed by atoms with Crippen LogP contribution < -0.4 is 0 Å². The minimum Gasteiger partial charge on any atom is -0.461 e. The van der Waals surface area contributed by atoms with Crippen LogP contribution in [-0.4, -0.2) is 35.1 Å². The molecular formula is C17H20N2O3. The van der Waals surface area contributed by atoms with Crippen molar-refractivity contribution in [1.82, 2.24) is 9.78 Å². The zero-order valence-corrected chi connectivity index (χ0v) is 12.4. The number of rotatable bonds is 5. The van der Waals surface area contributed by atoms with E-state index in [1.54, 1.807) is 23.1 Å². The predicted octanol–water partition coefficient (Wildman–Crippen LogP) is 2.58. The van der Waals surface area contributed by atoms with Crippen molar-refractivity contribution in [2.45, 2.75) is 31.4 Å². The van der Waals surface area contributed by atoms with Gasteiger partial charge in [-0.25, -0.2) is 4.79 Å². The van der Waals surface area contributed by atoms with E-state index in [2.05, 4.69) is 5.10 Å². The SMILES string of the molecule is O=C(OC[C@@H]1CCCCO1)[C@@H](c1ccccc1)n1cccn1. The normalized spacial score (nSPS) is 19.5. The zero-order valence-electron chi connectivity index (χ0n) is 12.4. The second-order valence-corrected chi connectivity index (χ2v) is 5.42. The smallest absolute Gasteiger partial charge is 0.335 e. The lowest BCUT2D eigenvalue weighted by atomic mass is 10.1. The predicted molar refractivity (Wildman–Crippen MR) is 81.4 cm³/mol. The molecule has 0 unspecified atom stereocenters. The van der Waals surface area contributed by atoms with Crippen LogP contribution in [0.4, 0.5) is 0 Å². The molecule has 1 aliphatic heterocycles. The summed E-state index contributed by atoms with van der Waals surface area (Å²) in [7, 11) is 0. The highest BCUT2D eigenvalue weighted by atomic mass is 16.6. The fourth-order valence-electron chi connectivity index (χ4n) is 2.66. The molecule has 0 N–H and O–H groups in total. The van der Waals surface area contributed by atoms with Gasteiger partial charge < -0.3 is 9.47 Å². The molecule has 1 aromatic heterocycles. The summed E-state index contributed by atoms with van der Waals surface area (Å²) in [6.07, 6.45) is 6.62. The van der Waals surface area contributed by atoms with Crippen LogP contribution in [-0.2, 0) is 14.3 Å². The van der Waals surface area contributed by atoms with Crippen molar-refractivity contribution in [3.8, 4) is 0 Å². The molecule has 22 heavy (non-hydrogen) atoms. The van der Waals surface area contributed by atoms with Gasteiger partial charge in [0, 0.05) is 19.0 Å². The average Bonchev–Trinajstić information content (AvgIpc) is 3.09. The first-order valence-electron chi connectivity index (χ1n) is 7.67. The number of ether oxygens (including phenoxy) is 2. The Labute approximate surface area is 129 Å². The summed E-state index contributed by atoms with van der Waals surface area (Å²) in [5, 5.41) is 4.19. The molecule has 1 fully saturated rings. The minimum absolute atomic E-state index is 0.0201. The molecule has 2 atom stereocenters. The lowest BCUT2D eigenvalue weighted by molar-refractivity contribution is -0.152. The van der Waals surface area contributed by atoms with E-state index in [-0.39, 0.29) is 12.1 Å². The lowest BCUT2D eigenvalue weighted by Crippen LogP contribution is -2.30. The van der Waals surface area contributed by atoms with E-state index in [1.807, 2.05) is 30.3 Å². The van der Waals surface area contributed by atoms with Crippen molar-refractivity contribution in [2.75, 3.05) is 13.2 Å². The maximum absolute atomic E-state index is 12.5. The molecule has 2 heterocycles. The minimum atomic E-state index is -0.556. The van der Waals surface area contributed by atoms with Crippen molar-refractivity contribution in [3.63, 3.8) is 0 Å². The van der Waals surface area contributed by atoms with Crippen LogP contribution in [0.25, 0.3) is 0 Å². The number of esters is 1. The number of aromatic nitrogens is 2.